The summed E-state index contributed by atoms with van der Waals surface area (Å²) >= 11 is 0. The van der Waals surface area contributed by atoms with Gasteiger partial charge in [-0.1, -0.05) is 38.5 Å². The summed E-state index contributed by atoms with van der Waals surface area (Å²) in [6.07, 6.45) is 0.579. The first-order valence-corrected chi connectivity index (χ1v) is 8.67. The third-order valence-electron chi connectivity index (χ3n) is 3.61. The Balaban J connectivity index is 2.78. The smallest absolute Gasteiger partial charge is 0.326 e. The van der Waals surface area contributed by atoms with Crippen LogP contribution in [0.2, 0.25) is 0 Å². The molecule has 1 rings (SSSR count). The van der Waals surface area contributed by atoms with Crippen LogP contribution in [0.1, 0.15) is 20.3 Å². The Morgan fingerprint density at radius 2 is 1.83 bits per heavy atom. The molecule has 0 unspecified atom stereocenters. The first kappa shape index (κ1) is 19.1. The Bertz CT molecular complexity index is 645. The van der Waals surface area contributed by atoms with Crippen LogP contribution in [0.15, 0.2) is 35.2 Å². The third kappa shape index (κ3) is 5.04. The van der Waals surface area contributed by atoms with E-state index in [4.69, 9.17) is 5.11 Å². The quantitative estimate of drug-likeness (QED) is 0.731. The van der Waals surface area contributed by atoms with Gasteiger partial charge in [-0.2, -0.15) is 4.31 Å². The van der Waals surface area contributed by atoms with Gasteiger partial charge < -0.3 is 10.4 Å². The first-order chi connectivity index (χ1) is 10.7. The lowest BCUT2D eigenvalue weighted by Crippen LogP contribution is -2.48. The van der Waals surface area contributed by atoms with Gasteiger partial charge in [0.1, 0.15) is 6.04 Å². The molecule has 128 valence electrons. The molecule has 0 radical (unpaired) electrons. The fourth-order valence-electron chi connectivity index (χ4n) is 1.96. The van der Waals surface area contributed by atoms with Crippen LogP contribution in [-0.2, 0) is 19.6 Å². The summed E-state index contributed by atoms with van der Waals surface area (Å²) in [6.45, 7) is 3.08. The van der Waals surface area contributed by atoms with Crippen LogP contribution in [0.25, 0.3) is 0 Å². The molecule has 0 aliphatic rings. The van der Waals surface area contributed by atoms with Crippen LogP contribution in [0, 0.1) is 5.92 Å². The highest BCUT2D eigenvalue weighted by molar-refractivity contribution is 7.89. The predicted molar refractivity (Wildman–Crippen MR) is 85.3 cm³/mol. The summed E-state index contributed by atoms with van der Waals surface area (Å²) in [5.41, 5.74) is 0. The van der Waals surface area contributed by atoms with E-state index >= 15 is 0 Å². The number of benzene rings is 1. The maximum absolute atomic E-state index is 12.3. The molecule has 2 atom stereocenters. The maximum Gasteiger partial charge on any atom is 0.326 e. The normalized spacial score (nSPS) is 14.3. The highest BCUT2D eigenvalue weighted by Crippen LogP contribution is 2.13. The van der Waals surface area contributed by atoms with Crippen LogP contribution in [0.5, 0.6) is 0 Å². The van der Waals surface area contributed by atoms with E-state index in [1.54, 1.807) is 25.1 Å². The van der Waals surface area contributed by atoms with Gasteiger partial charge in [0.2, 0.25) is 15.9 Å². The maximum atomic E-state index is 12.3. The molecule has 7 nitrogen and oxygen atoms in total. The molecule has 0 heterocycles. The predicted octanol–water partition coefficient (Wildman–Crippen LogP) is 0.923. The largest absolute Gasteiger partial charge is 0.480 e. The average molecular weight is 342 g/mol. The number of carbonyl (C=O) groups excluding carboxylic acids is 1. The van der Waals surface area contributed by atoms with E-state index in [0.717, 1.165) is 4.31 Å². The summed E-state index contributed by atoms with van der Waals surface area (Å²) < 4.78 is 25.5. The van der Waals surface area contributed by atoms with Crippen LogP contribution < -0.4 is 5.32 Å². The number of likely N-dealkylation sites (N-methyl/N-ethyl adjacent to an activating group) is 1. The van der Waals surface area contributed by atoms with E-state index in [-0.39, 0.29) is 10.8 Å². The second-order valence-corrected chi connectivity index (χ2v) is 7.39. The molecule has 0 aliphatic carbocycles. The fraction of sp³-hybridized carbons (Fsp3) is 0.467. The van der Waals surface area contributed by atoms with Gasteiger partial charge in [-0.25, -0.2) is 13.2 Å². The Kier molecular flexibility index (Phi) is 6.71. The molecule has 8 heteroatoms. The van der Waals surface area contributed by atoms with Crippen molar-refractivity contribution in [3.63, 3.8) is 0 Å². The number of nitrogens with one attached hydrogen (secondary N) is 1. The summed E-state index contributed by atoms with van der Waals surface area (Å²) in [7, 11) is -2.51. The van der Waals surface area contributed by atoms with Crippen molar-refractivity contribution in [1.29, 1.82) is 0 Å². The number of hydrogen-bond acceptors (Lipinski definition) is 4. The van der Waals surface area contributed by atoms with Crippen molar-refractivity contribution in [3.8, 4) is 0 Å². The van der Waals surface area contributed by atoms with Gasteiger partial charge in [-0.3, -0.25) is 4.79 Å². The number of sulfonamides is 1. The molecule has 1 aromatic rings. The highest BCUT2D eigenvalue weighted by atomic mass is 32.2. The molecule has 2 N–H and O–H groups in total. The van der Waals surface area contributed by atoms with Crippen LogP contribution in [0.4, 0.5) is 0 Å². The Morgan fingerprint density at radius 1 is 1.26 bits per heavy atom. The molecule has 1 amide bonds. The number of rotatable bonds is 8. The van der Waals surface area contributed by atoms with Crippen molar-refractivity contribution < 1.29 is 23.1 Å². The molecule has 0 fully saturated rings. The number of aliphatic carboxylic acids is 1. The molecule has 1 aromatic carbocycles. The van der Waals surface area contributed by atoms with E-state index in [0.29, 0.717) is 6.42 Å². The monoisotopic (exact) mass is 342 g/mol. The lowest BCUT2D eigenvalue weighted by Gasteiger charge is -2.22. The van der Waals surface area contributed by atoms with Gasteiger partial charge in [0, 0.05) is 7.05 Å². The van der Waals surface area contributed by atoms with Gasteiger partial charge in [-0.15, -0.1) is 0 Å². The molecule has 0 spiro atoms. The van der Waals surface area contributed by atoms with Crippen molar-refractivity contribution in [2.75, 3.05) is 13.6 Å². The Labute approximate surface area is 136 Å². The summed E-state index contributed by atoms with van der Waals surface area (Å²) in [6, 6.07) is 6.69. The van der Waals surface area contributed by atoms with Gasteiger partial charge in [-0.05, 0) is 18.1 Å². The number of hydrogen-bond donors (Lipinski definition) is 2. The fourth-order valence-corrected chi connectivity index (χ4v) is 3.11. The molecular formula is C15H22N2O5S. The molecule has 0 aliphatic heterocycles. The van der Waals surface area contributed by atoms with E-state index < -0.39 is 34.5 Å². The van der Waals surface area contributed by atoms with E-state index in [2.05, 4.69) is 5.32 Å². The van der Waals surface area contributed by atoms with Crippen molar-refractivity contribution in [2.24, 2.45) is 5.92 Å². The second kappa shape index (κ2) is 8.07. The Hall–Kier alpha value is -1.93. The number of carboxylic acid groups (broad SMARTS) is 1. The molecule has 0 bridgehead atoms. The van der Waals surface area contributed by atoms with Gasteiger partial charge >= 0.3 is 5.97 Å². The molecular weight excluding hydrogens is 320 g/mol. The van der Waals surface area contributed by atoms with Gasteiger partial charge in [0.25, 0.3) is 0 Å². The van der Waals surface area contributed by atoms with Crippen LogP contribution in [0.3, 0.4) is 0 Å². The zero-order chi connectivity index (χ0) is 17.6. The SMILES string of the molecule is CC[C@H](C)[C@H](NC(=O)CN(C)S(=O)(=O)c1ccccc1)C(=O)O. The van der Waals surface area contributed by atoms with Crippen LogP contribution in [-0.4, -0.2) is 49.3 Å². The number of nitrogens with zero attached hydrogens (tertiary/aromatic N) is 1. The van der Waals surface area contributed by atoms with Crippen molar-refractivity contribution in [3.05, 3.63) is 30.3 Å². The lowest BCUT2D eigenvalue weighted by atomic mass is 9.99. The minimum atomic E-state index is -3.79. The lowest BCUT2D eigenvalue weighted by molar-refractivity contribution is -0.143. The molecule has 0 saturated carbocycles. The number of amides is 1. The average Bonchev–Trinajstić information content (AvgIpc) is 2.52. The minimum Gasteiger partial charge on any atom is -0.480 e. The number of carboxylic acids is 1. The van der Waals surface area contributed by atoms with E-state index in [9.17, 15) is 18.0 Å². The summed E-state index contributed by atoms with van der Waals surface area (Å²) in [5.74, 6) is -2.05. The molecule has 23 heavy (non-hydrogen) atoms. The zero-order valence-corrected chi connectivity index (χ0v) is 14.2. The highest BCUT2D eigenvalue weighted by Gasteiger charge is 2.28. The van der Waals surface area contributed by atoms with Crippen LogP contribution >= 0.6 is 0 Å². The third-order valence-corrected chi connectivity index (χ3v) is 5.43. The summed E-state index contributed by atoms with van der Waals surface area (Å²) in [4.78, 5) is 23.3. The van der Waals surface area contributed by atoms with Crippen molar-refractivity contribution >= 4 is 21.9 Å². The first-order valence-electron chi connectivity index (χ1n) is 7.23. The van der Waals surface area contributed by atoms with Crippen molar-refractivity contribution in [1.82, 2.24) is 9.62 Å². The zero-order valence-electron chi connectivity index (χ0n) is 13.4. The second-order valence-electron chi connectivity index (χ2n) is 5.34. The van der Waals surface area contributed by atoms with Gasteiger partial charge in [0.15, 0.2) is 0 Å². The van der Waals surface area contributed by atoms with E-state index in [1.165, 1.54) is 19.2 Å². The molecule has 0 aromatic heterocycles. The topological polar surface area (TPSA) is 104 Å². The minimum absolute atomic E-state index is 0.0759. The Morgan fingerprint density at radius 3 is 2.30 bits per heavy atom. The van der Waals surface area contributed by atoms with E-state index in [1.807, 2.05) is 6.92 Å². The summed E-state index contributed by atoms with van der Waals surface area (Å²) in [5, 5.41) is 11.5. The van der Waals surface area contributed by atoms with Gasteiger partial charge in [0.05, 0.1) is 11.4 Å². The number of carbonyl (C=O) groups is 2. The van der Waals surface area contributed by atoms with Crippen molar-refractivity contribution in [2.45, 2.75) is 31.2 Å². The molecule has 0 saturated heterocycles. The standard InChI is InChI=1S/C15H22N2O5S/c1-4-11(2)14(15(19)20)16-13(18)10-17(3)23(21,22)12-8-6-5-7-9-12/h5-9,11,14H,4,10H2,1-3H3,(H,16,18)(H,19,20)/t11-,14-/m0/s1.